The quantitative estimate of drug-likeness (QED) is 0.573. The van der Waals surface area contributed by atoms with Gasteiger partial charge >= 0.3 is 12.0 Å². The van der Waals surface area contributed by atoms with Gasteiger partial charge in [0, 0.05) is 25.4 Å². The molecule has 1 aromatic heterocycles. The molecule has 2 unspecified atom stereocenters. The lowest BCUT2D eigenvalue weighted by molar-refractivity contribution is -0.140. The van der Waals surface area contributed by atoms with Crippen molar-refractivity contribution >= 4 is 12.0 Å². The van der Waals surface area contributed by atoms with Crippen LogP contribution in [0.4, 0.5) is 4.79 Å². The molecule has 19 heavy (non-hydrogen) atoms. The Morgan fingerprint density at radius 3 is 2.95 bits per heavy atom. The van der Waals surface area contributed by atoms with Crippen LogP contribution in [0.25, 0.3) is 0 Å². The van der Waals surface area contributed by atoms with E-state index in [1.54, 1.807) is 24.5 Å². The van der Waals surface area contributed by atoms with Gasteiger partial charge in [0.1, 0.15) is 5.82 Å². The van der Waals surface area contributed by atoms with Crippen molar-refractivity contribution in [2.45, 2.75) is 18.9 Å². The van der Waals surface area contributed by atoms with E-state index in [4.69, 9.17) is 5.11 Å². The van der Waals surface area contributed by atoms with Gasteiger partial charge in [0.05, 0.1) is 12.0 Å². The van der Waals surface area contributed by atoms with Crippen LogP contribution in [0.2, 0.25) is 0 Å². The third kappa shape index (κ3) is 3.84. The molecule has 1 aromatic rings. The minimum Gasteiger partial charge on any atom is -0.481 e. The lowest BCUT2D eigenvalue weighted by Gasteiger charge is -2.12. The molecule has 7 nitrogen and oxygen atoms in total. The molecule has 0 radical (unpaired) electrons. The average molecular weight is 264 g/mol. The van der Waals surface area contributed by atoms with Crippen molar-refractivity contribution in [2.75, 3.05) is 6.54 Å². The number of urea groups is 1. The van der Waals surface area contributed by atoms with Crippen LogP contribution in [0, 0.1) is 5.92 Å². The molecule has 0 fully saturated rings. The monoisotopic (exact) mass is 264 g/mol. The molecule has 0 bridgehead atoms. The van der Waals surface area contributed by atoms with E-state index >= 15 is 0 Å². The third-order valence-corrected chi connectivity index (χ3v) is 2.92. The molecule has 4 N–H and O–H groups in total. The van der Waals surface area contributed by atoms with Gasteiger partial charge in [-0.05, 0) is 6.42 Å². The molecule has 1 aliphatic rings. The molecule has 2 amide bonds. The van der Waals surface area contributed by atoms with E-state index in [2.05, 4.69) is 20.6 Å². The fourth-order valence-corrected chi connectivity index (χ4v) is 1.94. The lowest BCUT2D eigenvalue weighted by atomic mass is 10.1. The van der Waals surface area contributed by atoms with Crippen molar-refractivity contribution in [3.63, 3.8) is 0 Å². The summed E-state index contributed by atoms with van der Waals surface area (Å²) in [6, 6.07) is -0.517. The zero-order valence-corrected chi connectivity index (χ0v) is 10.3. The molecule has 0 saturated carbocycles. The number of carboxylic acids is 1. The Morgan fingerprint density at radius 2 is 2.32 bits per heavy atom. The molecule has 1 aliphatic carbocycles. The fourth-order valence-electron chi connectivity index (χ4n) is 1.94. The Morgan fingerprint density at radius 1 is 1.47 bits per heavy atom. The maximum atomic E-state index is 11.6. The van der Waals surface area contributed by atoms with Crippen molar-refractivity contribution in [3.8, 4) is 0 Å². The second-order valence-corrected chi connectivity index (χ2v) is 4.36. The molecule has 0 aromatic carbocycles. The van der Waals surface area contributed by atoms with Gasteiger partial charge in [-0.3, -0.25) is 4.79 Å². The normalized spacial score (nSPS) is 21.3. The summed E-state index contributed by atoms with van der Waals surface area (Å²) < 4.78 is 0. The molecule has 0 spiro atoms. The number of hydrogen-bond acceptors (Lipinski definition) is 3. The molecule has 0 aliphatic heterocycles. The van der Waals surface area contributed by atoms with Gasteiger partial charge in [0.25, 0.3) is 0 Å². The summed E-state index contributed by atoms with van der Waals surface area (Å²) in [7, 11) is 0. The number of aromatic nitrogens is 2. The maximum absolute atomic E-state index is 11.6. The van der Waals surface area contributed by atoms with Crippen LogP contribution >= 0.6 is 0 Å². The average Bonchev–Trinajstić information content (AvgIpc) is 3.00. The standard InChI is InChI=1S/C12H16N4O3/c17-11(18)8-1-2-9(7-8)16-12(19)15-4-3-10-13-5-6-14-10/h1-2,5-6,8-9H,3-4,7H2,(H,13,14)(H,17,18)(H2,15,16,19). The minimum atomic E-state index is -0.862. The zero-order chi connectivity index (χ0) is 13.7. The summed E-state index contributed by atoms with van der Waals surface area (Å²) in [5, 5.41) is 14.2. The van der Waals surface area contributed by atoms with Crippen LogP contribution in [0.5, 0.6) is 0 Å². The molecule has 0 saturated heterocycles. The highest BCUT2D eigenvalue weighted by Gasteiger charge is 2.25. The summed E-state index contributed by atoms with van der Waals surface area (Å²) in [6.07, 6.45) is 7.73. The first-order valence-electron chi connectivity index (χ1n) is 6.09. The summed E-state index contributed by atoms with van der Waals surface area (Å²) in [4.78, 5) is 29.3. The summed E-state index contributed by atoms with van der Waals surface area (Å²) in [5.74, 6) is -0.556. The van der Waals surface area contributed by atoms with Crippen molar-refractivity contribution in [2.24, 2.45) is 5.92 Å². The van der Waals surface area contributed by atoms with Crippen LogP contribution in [-0.4, -0.2) is 39.7 Å². The zero-order valence-electron chi connectivity index (χ0n) is 10.3. The number of rotatable bonds is 5. The highest BCUT2D eigenvalue weighted by atomic mass is 16.4. The molecular weight excluding hydrogens is 248 g/mol. The highest BCUT2D eigenvalue weighted by Crippen LogP contribution is 2.17. The van der Waals surface area contributed by atoms with E-state index in [0.717, 1.165) is 5.82 Å². The van der Waals surface area contributed by atoms with Crippen molar-refractivity contribution in [3.05, 3.63) is 30.4 Å². The van der Waals surface area contributed by atoms with E-state index in [1.165, 1.54) is 0 Å². The van der Waals surface area contributed by atoms with E-state index in [0.29, 0.717) is 19.4 Å². The minimum absolute atomic E-state index is 0.218. The smallest absolute Gasteiger partial charge is 0.315 e. The third-order valence-electron chi connectivity index (χ3n) is 2.92. The Bertz CT molecular complexity index is 469. The number of amides is 2. The number of hydrogen-bond donors (Lipinski definition) is 4. The van der Waals surface area contributed by atoms with Gasteiger partial charge in [0.2, 0.25) is 0 Å². The van der Waals surface area contributed by atoms with Gasteiger partial charge in [0.15, 0.2) is 0 Å². The number of carboxylic acid groups (broad SMARTS) is 1. The number of nitrogens with one attached hydrogen (secondary N) is 3. The summed E-state index contributed by atoms with van der Waals surface area (Å²) in [5.41, 5.74) is 0. The predicted octanol–water partition coefficient (Wildman–Crippen LogP) is 0.281. The van der Waals surface area contributed by atoms with Crippen molar-refractivity contribution in [1.29, 1.82) is 0 Å². The maximum Gasteiger partial charge on any atom is 0.315 e. The number of carbonyl (C=O) groups excluding carboxylic acids is 1. The topological polar surface area (TPSA) is 107 Å². The van der Waals surface area contributed by atoms with E-state index in [1.807, 2.05) is 0 Å². The van der Waals surface area contributed by atoms with E-state index in [-0.39, 0.29) is 12.1 Å². The van der Waals surface area contributed by atoms with Crippen molar-refractivity contribution in [1.82, 2.24) is 20.6 Å². The first-order chi connectivity index (χ1) is 9.15. The molecular formula is C12H16N4O3. The predicted molar refractivity (Wildman–Crippen MR) is 67.5 cm³/mol. The van der Waals surface area contributed by atoms with Gasteiger partial charge in [-0.1, -0.05) is 12.2 Å². The van der Waals surface area contributed by atoms with Crippen LogP contribution in [-0.2, 0) is 11.2 Å². The number of imidazole rings is 1. The van der Waals surface area contributed by atoms with Gasteiger partial charge < -0.3 is 20.7 Å². The first kappa shape index (κ1) is 13.1. The molecule has 1 heterocycles. The second-order valence-electron chi connectivity index (χ2n) is 4.36. The number of carbonyl (C=O) groups is 2. The van der Waals surface area contributed by atoms with Crippen molar-refractivity contribution < 1.29 is 14.7 Å². The Kier molecular flexibility index (Phi) is 4.17. The number of H-pyrrole nitrogens is 1. The van der Waals surface area contributed by atoms with Gasteiger partial charge in [-0.25, -0.2) is 9.78 Å². The number of aliphatic carboxylic acids is 1. The molecule has 7 heteroatoms. The number of nitrogens with zero attached hydrogens (tertiary/aromatic N) is 1. The summed E-state index contributed by atoms with van der Waals surface area (Å²) in [6.45, 7) is 0.470. The van der Waals surface area contributed by atoms with Gasteiger partial charge in [-0.15, -0.1) is 0 Å². The largest absolute Gasteiger partial charge is 0.481 e. The summed E-state index contributed by atoms with van der Waals surface area (Å²) >= 11 is 0. The Hall–Kier alpha value is -2.31. The highest BCUT2D eigenvalue weighted by molar-refractivity contribution is 5.76. The van der Waals surface area contributed by atoms with Crippen LogP contribution in [0.3, 0.4) is 0 Å². The van der Waals surface area contributed by atoms with Gasteiger partial charge in [-0.2, -0.15) is 0 Å². The SMILES string of the molecule is O=C(NCCc1ncc[nH]1)NC1C=CC(C(=O)O)C1. The Labute approximate surface area is 110 Å². The molecule has 2 atom stereocenters. The Balaban J connectivity index is 1.65. The lowest BCUT2D eigenvalue weighted by Crippen LogP contribution is -2.41. The van der Waals surface area contributed by atoms with Crippen LogP contribution < -0.4 is 10.6 Å². The first-order valence-corrected chi connectivity index (χ1v) is 6.09. The fraction of sp³-hybridized carbons (Fsp3) is 0.417. The van der Waals surface area contributed by atoms with Crippen LogP contribution in [0.15, 0.2) is 24.5 Å². The van der Waals surface area contributed by atoms with E-state index in [9.17, 15) is 9.59 Å². The molecule has 102 valence electrons. The van der Waals surface area contributed by atoms with Crippen LogP contribution in [0.1, 0.15) is 12.2 Å². The second kappa shape index (κ2) is 6.03. The number of aromatic amines is 1. The molecule has 2 rings (SSSR count). The van der Waals surface area contributed by atoms with E-state index < -0.39 is 11.9 Å².